The summed E-state index contributed by atoms with van der Waals surface area (Å²) in [7, 11) is 0. The van der Waals surface area contributed by atoms with Gasteiger partial charge in [0.15, 0.2) is 18.0 Å². The van der Waals surface area contributed by atoms with Gasteiger partial charge in [-0.05, 0) is 87.0 Å². The van der Waals surface area contributed by atoms with Crippen LogP contribution in [0, 0.1) is 48.8 Å². The van der Waals surface area contributed by atoms with Crippen LogP contribution < -0.4 is 5.32 Å². The molecule has 1 amide bonds. The maximum absolute atomic E-state index is 14.3. The van der Waals surface area contributed by atoms with Crippen LogP contribution in [0.5, 0.6) is 0 Å². The van der Waals surface area contributed by atoms with E-state index in [0.29, 0.717) is 44.9 Å². The number of unbranched alkanes of at least 4 members (excludes halogenated alkanes) is 2. The van der Waals surface area contributed by atoms with Gasteiger partial charge in [-0.15, -0.1) is 20.2 Å². The van der Waals surface area contributed by atoms with Crippen LogP contribution >= 0.6 is 0 Å². The molecule has 19 heteroatoms. The van der Waals surface area contributed by atoms with Crippen molar-refractivity contribution in [1.29, 1.82) is 0 Å². The molecular formula is C35H49N3O16. The fraction of sp³-hybridized carbons (Fsp3) is 0.771. The summed E-state index contributed by atoms with van der Waals surface area (Å²) in [4.78, 5) is 106. The van der Waals surface area contributed by atoms with Gasteiger partial charge in [0.25, 0.3) is 10.2 Å². The average molecular weight is 768 g/mol. The molecule has 0 aromatic rings. The maximum Gasteiger partial charge on any atom is 0.326 e. The lowest BCUT2D eigenvalue weighted by molar-refractivity contribution is -0.757. The molecule has 0 bridgehead atoms. The first-order valence-electron chi connectivity index (χ1n) is 18.3. The number of ketones is 2. The minimum Gasteiger partial charge on any atom is -0.480 e. The first-order chi connectivity index (χ1) is 25.4. The molecule has 19 nitrogen and oxygen atoms in total. The van der Waals surface area contributed by atoms with E-state index in [0.717, 1.165) is 5.57 Å². The van der Waals surface area contributed by atoms with Crippen molar-refractivity contribution in [2.75, 3.05) is 19.8 Å². The van der Waals surface area contributed by atoms with Gasteiger partial charge in [0.2, 0.25) is 11.7 Å². The first kappa shape index (κ1) is 42.1. The number of esters is 2. The molecule has 0 heterocycles. The first-order valence-corrected chi connectivity index (χ1v) is 18.3. The van der Waals surface area contributed by atoms with Crippen LogP contribution in [0.1, 0.15) is 104 Å². The largest absolute Gasteiger partial charge is 0.480 e. The van der Waals surface area contributed by atoms with Gasteiger partial charge in [-0.3, -0.25) is 24.0 Å². The standard InChI is InChI=1S/C35H49N3O16/c1-33-13-11-22(39)17-21(33)9-10-23-24-12-14-35(34(24,2)19-26(40)31(23)33,54-29(43)8-6-16-53-38(49)50)27(41)20-51-30(44)18-25(32(45)46)36-28(42)7-4-3-5-15-52-37(47)48/h17,23-26,31,40H,3-16,18-20H2,1-2H3,(H,36,42)(H,45,46)/t23?,24?,25?,26-,31+,33-,34-,35-/m0/s1. The van der Waals surface area contributed by atoms with E-state index in [1.807, 2.05) is 0 Å². The summed E-state index contributed by atoms with van der Waals surface area (Å²) in [5.74, 6) is -5.42. The minimum atomic E-state index is -1.87. The van der Waals surface area contributed by atoms with Crippen molar-refractivity contribution in [3.63, 3.8) is 0 Å². The van der Waals surface area contributed by atoms with E-state index in [1.54, 1.807) is 13.0 Å². The second kappa shape index (κ2) is 17.6. The van der Waals surface area contributed by atoms with E-state index in [2.05, 4.69) is 21.9 Å². The number of Topliss-reactive ketones (excluding diaryl/α,β-unsaturated/α-hetero) is 1. The zero-order chi connectivity index (χ0) is 39.8. The molecule has 4 aliphatic rings. The van der Waals surface area contributed by atoms with Gasteiger partial charge in [0, 0.05) is 24.7 Å². The fourth-order valence-corrected chi connectivity index (χ4v) is 9.62. The maximum atomic E-state index is 14.3. The number of carboxylic acid groups (broad SMARTS) is 1. The summed E-state index contributed by atoms with van der Waals surface area (Å²) in [6, 6.07) is -1.69. The highest BCUT2D eigenvalue weighted by Crippen LogP contribution is 2.68. The highest BCUT2D eigenvalue weighted by molar-refractivity contribution is 5.94. The number of aliphatic hydroxyl groups is 1. The minimum absolute atomic E-state index is 0.0431. The Kier molecular flexibility index (Phi) is 13.7. The van der Waals surface area contributed by atoms with Gasteiger partial charge < -0.3 is 34.7 Å². The Hall–Kier alpha value is -4.68. The predicted octanol–water partition coefficient (Wildman–Crippen LogP) is 2.60. The van der Waals surface area contributed by atoms with Crippen molar-refractivity contribution >= 4 is 35.4 Å². The third-order valence-electron chi connectivity index (χ3n) is 12.1. The zero-order valence-electron chi connectivity index (χ0n) is 30.5. The van der Waals surface area contributed by atoms with E-state index in [4.69, 9.17) is 9.47 Å². The molecule has 3 saturated carbocycles. The highest BCUT2D eigenvalue weighted by atomic mass is 17.0. The second-order valence-electron chi connectivity index (χ2n) is 15.2. The van der Waals surface area contributed by atoms with Crippen LogP contribution in [0.25, 0.3) is 0 Å². The van der Waals surface area contributed by atoms with Gasteiger partial charge in [0.05, 0.1) is 25.7 Å². The Morgan fingerprint density at radius 3 is 2.30 bits per heavy atom. The van der Waals surface area contributed by atoms with E-state index >= 15 is 0 Å². The van der Waals surface area contributed by atoms with Crippen LogP contribution in [0.2, 0.25) is 0 Å². The van der Waals surface area contributed by atoms with Gasteiger partial charge in [-0.25, -0.2) is 4.79 Å². The Labute approximate surface area is 310 Å². The average Bonchev–Trinajstić information content (AvgIpc) is 3.38. The normalized spacial score (nSPS) is 30.3. The quantitative estimate of drug-likeness (QED) is 0.0695. The van der Waals surface area contributed by atoms with Crippen LogP contribution in [0.15, 0.2) is 11.6 Å². The SMILES string of the molecule is C[C@]12CCC(=O)C=C1CCC1C3CC[C@](OC(=O)CCCO[N+](=O)[O-])(C(=O)COC(=O)CC(NC(=O)CCCCCO[N+](=O)[O-])C(=O)O)[C@@]3(C)C[C@H](O)[C@@H]12. The Morgan fingerprint density at radius 1 is 0.944 bits per heavy atom. The third kappa shape index (κ3) is 9.33. The molecule has 300 valence electrons. The zero-order valence-corrected chi connectivity index (χ0v) is 30.5. The number of hydrogen-bond donors (Lipinski definition) is 3. The van der Waals surface area contributed by atoms with Crippen molar-refractivity contribution in [1.82, 2.24) is 5.32 Å². The van der Waals surface area contributed by atoms with Crippen LogP contribution in [-0.4, -0.2) is 93.3 Å². The molecule has 3 fully saturated rings. The van der Waals surface area contributed by atoms with Gasteiger partial charge in [-0.1, -0.05) is 25.8 Å². The molecule has 4 rings (SSSR count). The number of rotatable bonds is 20. The van der Waals surface area contributed by atoms with Crippen molar-refractivity contribution in [2.45, 2.75) is 121 Å². The summed E-state index contributed by atoms with van der Waals surface area (Å²) >= 11 is 0. The third-order valence-corrected chi connectivity index (χ3v) is 12.1. The highest BCUT2D eigenvalue weighted by Gasteiger charge is 2.70. The molecule has 0 aromatic carbocycles. The molecule has 0 spiro atoms. The molecule has 0 saturated heterocycles. The number of allylic oxidation sites excluding steroid dienone is 1. The fourth-order valence-electron chi connectivity index (χ4n) is 9.62. The lowest BCUT2D eigenvalue weighted by Crippen LogP contribution is -2.63. The second-order valence-corrected chi connectivity index (χ2v) is 15.2. The molecule has 3 unspecified atom stereocenters. The molecule has 3 N–H and O–H groups in total. The molecule has 8 atom stereocenters. The summed E-state index contributed by atoms with van der Waals surface area (Å²) in [5.41, 5.74) is -2.41. The predicted molar refractivity (Wildman–Crippen MR) is 181 cm³/mol. The number of aliphatic carboxylic acids is 1. The number of fused-ring (bicyclic) bond motifs is 5. The number of nitrogens with one attached hydrogen (secondary N) is 1. The van der Waals surface area contributed by atoms with E-state index < -0.39 is 81.4 Å². The molecule has 0 radical (unpaired) electrons. The van der Waals surface area contributed by atoms with Crippen molar-refractivity contribution < 1.29 is 68.3 Å². The molecule has 0 aromatic heterocycles. The smallest absolute Gasteiger partial charge is 0.326 e. The van der Waals surface area contributed by atoms with Crippen LogP contribution in [0.3, 0.4) is 0 Å². The Morgan fingerprint density at radius 2 is 1.63 bits per heavy atom. The van der Waals surface area contributed by atoms with E-state index in [1.165, 1.54) is 0 Å². The number of hydrogen-bond acceptors (Lipinski definition) is 15. The lowest BCUT2D eigenvalue weighted by atomic mass is 9.45. The Balaban J connectivity index is 1.47. The van der Waals surface area contributed by atoms with Crippen LogP contribution in [0.4, 0.5) is 0 Å². The van der Waals surface area contributed by atoms with Crippen LogP contribution in [-0.2, 0) is 47.9 Å². The monoisotopic (exact) mass is 767 g/mol. The van der Waals surface area contributed by atoms with Crippen molar-refractivity contribution in [3.8, 4) is 0 Å². The van der Waals surface area contributed by atoms with Gasteiger partial charge in [0.1, 0.15) is 6.04 Å². The van der Waals surface area contributed by atoms with Crippen molar-refractivity contribution in [2.24, 2.45) is 28.6 Å². The number of nitrogens with zero attached hydrogens (tertiary/aromatic N) is 2. The lowest BCUT2D eigenvalue weighted by Gasteiger charge is -2.60. The summed E-state index contributed by atoms with van der Waals surface area (Å²) in [5, 5.41) is 42.6. The molecular weight excluding hydrogens is 718 g/mol. The van der Waals surface area contributed by atoms with Gasteiger partial charge in [-0.2, -0.15) is 0 Å². The molecule has 4 aliphatic carbocycles. The number of amides is 1. The van der Waals surface area contributed by atoms with Crippen molar-refractivity contribution in [3.05, 3.63) is 31.9 Å². The number of ether oxygens (including phenoxy) is 2. The number of carboxylic acids is 1. The van der Waals surface area contributed by atoms with E-state index in [9.17, 15) is 59.2 Å². The van der Waals surface area contributed by atoms with Gasteiger partial charge >= 0.3 is 17.9 Å². The summed E-state index contributed by atoms with van der Waals surface area (Å²) in [6.07, 6.45) is 3.11. The van der Waals surface area contributed by atoms with E-state index in [-0.39, 0.29) is 75.3 Å². The topological polar surface area (TPSA) is 278 Å². The summed E-state index contributed by atoms with van der Waals surface area (Å²) < 4.78 is 11.3. The summed E-state index contributed by atoms with van der Waals surface area (Å²) in [6.45, 7) is 2.40. The Bertz CT molecular complexity index is 1530. The number of carbonyl (C=O) groups is 6. The number of aliphatic hydroxyl groups excluding tert-OH is 1. The number of carbonyl (C=O) groups excluding carboxylic acids is 5. The molecule has 54 heavy (non-hydrogen) atoms. The molecule has 0 aliphatic heterocycles.